The fourth-order valence-corrected chi connectivity index (χ4v) is 1.79. The van der Waals surface area contributed by atoms with Gasteiger partial charge in [0.2, 0.25) is 0 Å². The average molecular weight is 316 g/mol. The van der Waals surface area contributed by atoms with E-state index in [-0.39, 0.29) is 0 Å². The summed E-state index contributed by atoms with van der Waals surface area (Å²) in [6, 6.07) is 0. The number of thioether (sulfide) groups is 1. The summed E-state index contributed by atoms with van der Waals surface area (Å²) >= 11 is 7.43. The van der Waals surface area contributed by atoms with Crippen LogP contribution in [0.5, 0.6) is 0 Å². The monoisotopic (exact) mass is 315 g/mol. The molecule has 0 atom stereocenters. The summed E-state index contributed by atoms with van der Waals surface area (Å²) in [5, 5.41) is 3.63. The van der Waals surface area contributed by atoms with Gasteiger partial charge in [-0.15, -0.1) is 0 Å². The van der Waals surface area contributed by atoms with Crippen LogP contribution in [-0.4, -0.2) is 34.5 Å². The molecule has 0 radical (unpaired) electrons. The van der Waals surface area contributed by atoms with E-state index in [0.29, 0.717) is 22.4 Å². The number of hydrogen-bond donors (Lipinski definition) is 1. The Labute approximate surface area is 128 Å². The first-order valence-corrected chi connectivity index (χ1v) is 7.62. The third-order valence-corrected chi connectivity index (χ3v) is 2.85. The van der Waals surface area contributed by atoms with Crippen molar-refractivity contribution in [3.63, 3.8) is 0 Å². The zero-order valence-corrected chi connectivity index (χ0v) is 13.5. The minimum absolute atomic E-state index is 0.343. The van der Waals surface area contributed by atoms with Crippen molar-refractivity contribution in [1.29, 1.82) is 0 Å². The molecule has 1 heterocycles. The summed E-state index contributed by atoms with van der Waals surface area (Å²) in [7, 11) is 0. The summed E-state index contributed by atoms with van der Waals surface area (Å²) in [4.78, 5) is 19.6. The molecule has 0 fully saturated rings. The summed E-state index contributed by atoms with van der Waals surface area (Å²) in [5.74, 6) is 0. The molecule has 1 aromatic heterocycles. The molecule has 5 nitrogen and oxygen atoms in total. The molecule has 0 aliphatic heterocycles. The van der Waals surface area contributed by atoms with Crippen molar-refractivity contribution < 1.29 is 9.53 Å². The Morgan fingerprint density at radius 3 is 2.80 bits per heavy atom. The molecule has 110 valence electrons. The second kappa shape index (κ2) is 7.50. The lowest BCUT2D eigenvalue weighted by Gasteiger charge is -2.19. The molecule has 0 bridgehead atoms. The third-order valence-electron chi connectivity index (χ3n) is 1.99. The maximum absolute atomic E-state index is 11.4. The Hall–Kier alpha value is -1.27. The van der Waals surface area contributed by atoms with Gasteiger partial charge in [-0.2, -0.15) is 0 Å². The first kappa shape index (κ1) is 16.8. The van der Waals surface area contributed by atoms with E-state index in [4.69, 9.17) is 16.3 Å². The zero-order chi connectivity index (χ0) is 15.2. The molecule has 0 aromatic carbocycles. The van der Waals surface area contributed by atoms with Gasteiger partial charge in [0, 0.05) is 18.3 Å². The first-order valence-electron chi connectivity index (χ1n) is 6.02. The number of nitrogens with one attached hydrogen (secondary N) is 1. The van der Waals surface area contributed by atoms with E-state index >= 15 is 0 Å². The van der Waals surface area contributed by atoms with Gasteiger partial charge in [-0.25, -0.2) is 14.8 Å². The van der Waals surface area contributed by atoms with Gasteiger partial charge in [0.15, 0.2) is 5.16 Å². The van der Waals surface area contributed by atoms with E-state index in [9.17, 15) is 4.79 Å². The topological polar surface area (TPSA) is 64.1 Å². The summed E-state index contributed by atoms with van der Waals surface area (Å²) in [6.07, 6.45) is 6.58. The Bertz CT molecular complexity index is 501. The minimum Gasteiger partial charge on any atom is -0.444 e. The Kier molecular flexibility index (Phi) is 6.29. The quantitative estimate of drug-likeness (QED) is 0.524. The predicted octanol–water partition coefficient (Wildman–Crippen LogP) is 3.39. The normalized spacial score (nSPS) is 11.7. The van der Waals surface area contributed by atoms with E-state index in [1.54, 1.807) is 18.3 Å². The molecule has 1 rings (SSSR count). The molecule has 0 aliphatic carbocycles. The molecule has 1 N–H and O–H groups in total. The number of carbonyl (C=O) groups is 1. The van der Waals surface area contributed by atoms with Crippen LogP contribution in [0, 0.1) is 0 Å². The highest BCUT2D eigenvalue weighted by atomic mass is 35.5. The van der Waals surface area contributed by atoms with Gasteiger partial charge in [-0.05, 0) is 27.0 Å². The molecule has 0 spiro atoms. The molecule has 7 heteroatoms. The van der Waals surface area contributed by atoms with Crippen LogP contribution in [-0.2, 0) is 4.74 Å². The van der Waals surface area contributed by atoms with Gasteiger partial charge >= 0.3 is 6.09 Å². The smallest absolute Gasteiger partial charge is 0.407 e. The fourth-order valence-electron chi connectivity index (χ4n) is 1.21. The van der Waals surface area contributed by atoms with E-state index in [1.165, 1.54) is 11.8 Å². The lowest BCUT2D eigenvalue weighted by molar-refractivity contribution is 0.0534. The summed E-state index contributed by atoms with van der Waals surface area (Å²) in [5.41, 5.74) is 0.203. The zero-order valence-electron chi connectivity index (χ0n) is 11.9. The number of halogens is 1. The Morgan fingerprint density at radius 2 is 2.25 bits per heavy atom. The van der Waals surface area contributed by atoms with Crippen molar-refractivity contribution in [2.45, 2.75) is 31.5 Å². The van der Waals surface area contributed by atoms with E-state index in [2.05, 4.69) is 15.3 Å². The second-order valence-corrected chi connectivity index (χ2v) is 6.02. The lowest BCUT2D eigenvalue weighted by atomic mass is 10.2. The maximum atomic E-state index is 11.4. The van der Waals surface area contributed by atoms with Crippen LogP contribution < -0.4 is 5.32 Å². The van der Waals surface area contributed by atoms with Gasteiger partial charge in [0.1, 0.15) is 10.8 Å². The number of ether oxygens (including phenoxy) is 1. The SMILES string of the molecule is CSc1ncc(C=CCNC(=O)OC(C)(C)C)c(Cl)n1. The summed E-state index contributed by atoms with van der Waals surface area (Å²) < 4.78 is 5.11. The average Bonchev–Trinajstić information content (AvgIpc) is 2.33. The predicted molar refractivity (Wildman–Crippen MR) is 82.1 cm³/mol. The highest BCUT2D eigenvalue weighted by molar-refractivity contribution is 7.98. The van der Waals surface area contributed by atoms with Crippen molar-refractivity contribution in [2.75, 3.05) is 12.8 Å². The Morgan fingerprint density at radius 1 is 1.55 bits per heavy atom. The molecule has 0 unspecified atom stereocenters. The maximum Gasteiger partial charge on any atom is 0.407 e. The standard InChI is InChI=1S/C13H18ClN3O2S/c1-13(2,3)19-12(18)15-7-5-6-9-8-16-11(20-4)17-10(9)14/h5-6,8H,7H2,1-4H3,(H,15,18). The Balaban J connectivity index is 2.48. The van der Waals surface area contributed by atoms with Gasteiger partial charge in [-0.1, -0.05) is 35.5 Å². The molecule has 20 heavy (non-hydrogen) atoms. The molecular formula is C13H18ClN3O2S. The van der Waals surface area contributed by atoms with Crippen molar-refractivity contribution in [1.82, 2.24) is 15.3 Å². The van der Waals surface area contributed by atoms with Crippen molar-refractivity contribution in [2.24, 2.45) is 0 Å². The van der Waals surface area contributed by atoms with E-state index in [0.717, 1.165) is 0 Å². The van der Waals surface area contributed by atoms with Gasteiger partial charge in [-0.3, -0.25) is 0 Å². The molecule has 0 saturated carbocycles. The number of amides is 1. The van der Waals surface area contributed by atoms with Crippen molar-refractivity contribution in [3.05, 3.63) is 23.0 Å². The van der Waals surface area contributed by atoms with E-state index < -0.39 is 11.7 Å². The minimum atomic E-state index is -0.501. The highest BCUT2D eigenvalue weighted by Crippen LogP contribution is 2.17. The molecule has 0 saturated heterocycles. The number of alkyl carbamates (subject to hydrolysis) is 1. The number of nitrogens with zero attached hydrogens (tertiary/aromatic N) is 2. The summed E-state index contributed by atoms with van der Waals surface area (Å²) in [6.45, 7) is 5.78. The fraction of sp³-hybridized carbons (Fsp3) is 0.462. The van der Waals surface area contributed by atoms with Gasteiger partial charge < -0.3 is 10.1 Å². The van der Waals surface area contributed by atoms with Crippen LogP contribution in [0.3, 0.4) is 0 Å². The van der Waals surface area contributed by atoms with Gasteiger partial charge in [0.05, 0.1) is 0 Å². The van der Waals surface area contributed by atoms with Crippen LogP contribution in [0.1, 0.15) is 26.3 Å². The number of rotatable bonds is 4. The van der Waals surface area contributed by atoms with Crippen LogP contribution in [0.2, 0.25) is 5.15 Å². The molecule has 0 aliphatic rings. The largest absolute Gasteiger partial charge is 0.444 e. The number of hydrogen-bond acceptors (Lipinski definition) is 5. The molecular weight excluding hydrogens is 298 g/mol. The highest BCUT2D eigenvalue weighted by Gasteiger charge is 2.14. The lowest BCUT2D eigenvalue weighted by Crippen LogP contribution is -2.32. The number of aromatic nitrogens is 2. The third kappa shape index (κ3) is 6.25. The molecule has 1 amide bonds. The number of carbonyl (C=O) groups excluding carboxylic acids is 1. The van der Waals surface area contributed by atoms with Crippen LogP contribution in [0.4, 0.5) is 4.79 Å². The van der Waals surface area contributed by atoms with Crippen molar-refractivity contribution in [3.8, 4) is 0 Å². The van der Waals surface area contributed by atoms with E-state index in [1.807, 2.05) is 27.0 Å². The van der Waals surface area contributed by atoms with Crippen LogP contribution in [0.25, 0.3) is 6.08 Å². The van der Waals surface area contributed by atoms with Crippen LogP contribution in [0.15, 0.2) is 17.4 Å². The first-order chi connectivity index (χ1) is 9.31. The van der Waals surface area contributed by atoms with Gasteiger partial charge in [0.25, 0.3) is 0 Å². The van der Waals surface area contributed by atoms with Crippen molar-refractivity contribution >= 4 is 35.5 Å². The molecule has 1 aromatic rings. The van der Waals surface area contributed by atoms with Crippen LogP contribution >= 0.6 is 23.4 Å². The second-order valence-electron chi connectivity index (χ2n) is 4.89.